The summed E-state index contributed by atoms with van der Waals surface area (Å²) in [7, 11) is 1.32. The SMILES string of the molecule is CCC1(CC)O[C@@H](C(=O)OC)[C@H](c2ccc(Cl)cc2Cl)O1. The average molecular weight is 333 g/mol. The van der Waals surface area contributed by atoms with Crippen molar-refractivity contribution in [1.29, 1.82) is 0 Å². The number of carbonyl (C=O) groups excluding carboxylic acids is 1. The molecule has 4 nitrogen and oxygen atoms in total. The van der Waals surface area contributed by atoms with Crippen molar-refractivity contribution in [2.75, 3.05) is 7.11 Å². The first kappa shape index (κ1) is 16.6. The Balaban J connectivity index is 2.40. The number of benzene rings is 1. The van der Waals surface area contributed by atoms with E-state index in [0.717, 1.165) is 0 Å². The fourth-order valence-electron chi connectivity index (χ4n) is 2.44. The van der Waals surface area contributed by atoms with Gasteiger partial charge in [-0.1, -0.05) is 43.1 Å². The second kappa shape index (κ2) is 6.53. The van der Waals surface area contributed by atoms with Crippen LogP contribution in [-0.2, 0) is 19.0 Å². The molecule has 0 aromatic heterocycles. The Labute approximate surface area is 134 Å². The average Bonchev–Trinajstić information content (AvgIpc) is 2.87. The molecule has 0 radical (unpaired) electrons. The van der Waals surface area contributed by atoms with Gasteiger partial charge in [0.15, 0.2) is 11.9 Å². The third-order valence-corrected chi connectivity index (χ3v) is 4.30. The number of ether oxygens (including phenoxy) is 3. The van der Waals surface area contributed by atoms with Crippen molar-refractivity contribution in [3.63, 3.8) is 0 Å². The van der Waals surface area contributed by atoms with Crippen LogP contribution in [0.3, 0.4) is 0 Å². The van der Waals surface area contributed by atoms with E-state index in [2.05, 4.69) is 0 Å². The lowest BCUT2D eigenvalue weighted by molar-refractivity contribution is -0.187. The molecule has 1 saturated heterocycles. The Bertz CT molecular complexity index is 528. The maximum atomic E-state index is 12.0. The van der Waals surface area contributed by atoms with E-state index in [1.807, 2.05) is 13.8 Å². The van der Waals surface area contributed by atoms with Crippen molar-refractivity contribution in [1.82, 2.24) is 0 Å². The Morgan fingerprint density at radius 2 is 1.95 bits per heavy atom. The predicted octanol–water partition coefficient (Wildman–Crippen LogP) is 4.14. The highest BCUT2D eigenvalue weighted by molar-refractivity contribution is 6.35. The number of carbonyl (C=O) groups is 1. The van der Waals surface area contributed by atoms with Gasteiger partial charge in [0.05, 0.1) is 7.11 Å². The predicted molar refractivity (Wildman–Crippen MR) is 80.5 cm³/mol. The molecule has 2 atom stereocenters. The van der Waals surface area contributed by atoms with Crippen molar-refractivity contribution in [3.8, 4) is 0 Å². The van der Waals surface area contributed by atoms with Gasteiger partial charge in [0.2, 0.25) is 0 Å². The van der Waals surface area contributed by atoms with Gasteiger partial charge in [-0.25, -0.2) is 4.79 Å². The third-order valence-electron chi connectivity index (χ3n) is 3.74. The number of hydrogen-bond donors (Lipinski definition) is 0. The van der Waals surface area contributed by atoms with E-state index in [1.54, 1.807) is 18.2 Å². The number of halogens is 2. The van der Waals surface area contributed by atoms with Gasteiger partial charge in [-0.2, -0.15) is 0 Å². The van der Waals surface area contributed by atoms with E-state index in [0.29, 0.717) is 28.5 Å². The number of methoxy groups -OCH3 is 1. The highest BCUT2D eigenvalue weighted by Gasteiger charge is 2.50. The standard InChI is InChI=1S/C15H18Cl2O4/c1-4-15(5-2)20-12(13(21-15)14(18)19-3)10-7-6-9(16)8-11(10)17/h6-8,12-13H,4-5H2,1-3H3/t12-,13+/m0/s1. The summed E-state index contributed by atoms with van der Waals surface area (Å²) < 4.78 is 16.7. The van der Waals surface area contributed by atoms with Gasteiger partial charge < -0.3 is 14.2 Å². The molecule has 1 heterocycles. The molecule has 1 fully saturated rings. The van der Waals surface area contributed by atoms with Crippen molar-refractivity contribution < 1.29 is 19.0 Å². The van der Waals surface area contributed by atoms with Gasteiger partial charge in [-0.3, -0.25) is 0 Å². The van der Waals surface area contributed by atoms with Crippen LogP contribution in [0.4, 0.5) is 0 Å². The summed E-state index contributed by atoms with van der Waals surface area (Å²) in [6.45, 7) is 3.90. The zero-order valence-electron chi connectivity index (χ0n) is 12.2. The van der Waals surface area contributed by atoms with Crippen LogP contribution in [0.5, 0.6) is 0 Å². The fourth-order valence-corrected chi connectivity index (χ4v) is 2.96. The molecule has 0 N–H and O–H groups in total. The van der Waals surface area contributed by atoms with Gasteiger partial charge >= 0.3 is 5.97 Å². The highest BCUT2D eigenvalue weighted by atomic mass is 35.5. The summed E-state index contributed by atoms with van der Waals surface area (Å²) in [5.74, 6) is -1.28. The molecule has 0 spiro atoms. The molecular weight excluding hydrogens is 315 g/mol. The van der Waals surface area contributed by atoms with E-state index in [4.69, 9.17) is 37.4 Å². The summed E-state index contributed by atoms with van der Waals surface area (Å²) in [4.78, 5) is 12.0. The Hall–Kier alpha value is -0.810. The normalized spacial score (nSPS) is 24.0. The summed E-state index contributed by atoms with van der Waals surface area (Å²) in [6, 6.07) is 5.07. The maximum Gasteiger partial charge on any atom is 0.338 e. The fraction of sp³-hybridized carbons (Fsp3) is 0.533. The van der Waals surface area contributed by atoms with Gasteiger partial charge in [-0.05, 0) is 25.0 Å². The Kier molecular flexibility index (Phi) is 5.15. The minimum absolute atomic E-state index is 0.438. The lowest BCUT2D eigenvalue weighted by Gasteiger charge is -2.25. The first-order valence-corrected chi connectivity index (χ1v) is 7.60. The molecule has 6 heteroatoms. The molecule has 0 aliphatic carbocycles. The van der Waals surface area contributed by atoms with Crippen molar-refractivity contribution in [2.24, 2.45) is 0 Å². The molecule has 0 amide bonds. The Morgan fingerprint density at radius 1 is 1.29 bits per heavy atom. The summed E-state index contributed by atoms with van der Waals surface area (Å²) >= 11 is 12.1. The quantitative estimate of drug-likeness (QED) is 0.777. The molecule has 0 bridgehead atoms. The second-order valence-corrected chi connectivity index (χ2v) is 5.73. The molecule has 1 aliphatic rings. The monoisotopic (exact) mass is 332 g/mol. The van der Waals surface area contributed by atoms with Gasteiger partial charge in [0.1, 0.15) is 6.10 Å². The van der Waals surface area contributed by atoms with Crippen LogP contribution in [0.2, 0.25) is 10.0 Å². The zero-order chi connectivity index (χ0) is 15.6. The smallest absolute Gasteiger partial charge is 0.338 e. The van der Waals surface area contributed by atoms with Crippen LogP contribution in [-0.4, -0.2) is 25.0 Å². The molecule has 1 aromatic carbocycles. The molecule has 116 valence electrons. The molecule has 0 unspecified atom stereocenters. The molecule has 1 aromatic rings. The minimum atomic E-state index is -0.839. The van der Waals surface area contributed by atoms with Crippen molar-refractivity contribution in [3.05, 3.63) is 33.8 Å². The van der Waals surface area contributed by atoms with Gasteiger partial charge in [-0.15, -0.1) is 0 Å². The maximum absolute atomic E-state index is 12.0. The Morgan fingerprint density at radius 3 is 2.48 bits per heavy atom. The van der Waals surface area contributed by atoms with Crippen molar-refractivity contribution >= 4 is 29.2 Å². The minimum Gasteiger partial charge on any atom is -0.467 e. The second-order valence-electron chi connectivity index (χ2n) is 4.88. The topological polar surface area (TPSA) is 44.8 Å². The van der Waals surface area contributed by atoms with E-state index in [9.17, 15) is 4.79 Å². The molecule has 2 rings (SSSR count). The first-order chi connectivity index (χ1) is 9.96. The largest absolute Gasteiger partial charge is 0.467 e. The lowest BCUT2D eigenvalue weighted by Crippen LogP contribution is -2.32. The van der Waals surface area contributed by atoms with E-state index >= 15 is 0 Å². The molecule has 1 aliphatic heterocycles. The van der Waals surface area contributed by atoms with Crippen molar-refractivity contribution in [2.45, 2.75) is 44.7 Å². The van der Waals surface area contributed by atoms with E-state index in [-0.39, 0.29) is 0 Å². The van der Waals surface area contributed by atoms with Gasteiger partial charge in [0, 0.05) is 15.6 Å². The van der Waals surface area contributed by atoms with Crippen LogP contribution in [0, 0.1) is 0 Å². The lowest BCUT2D eigenvalue weighted by atomic mass is 10.0. The van der Waals surface area contributed by atoms with Crippen LogP contribution in [0.1, 0.15) is 38.4 Å². The zero-order valence-corrected chi connectivity index (χ0v) is 13.7. The summed E-state index contributed by atoms with van der Waals surface area (Å²) in [5, 5.41) is 0.961. The number of esters is 1. The van der Waals surface area contributed by atoms with Crippen LogP contribution < -0.4 is 0 Å². The number of rotatable bonds is 4. The van der Waals surface area contributed by atoms with Crippen LogP contribution >= 0.6 is 23.2 Å². The summed E-state index contributed by atoms with van der Waals surface area (Å²) in [6.07, 6.45) is -0.201. The summed E-state index contributed by atoms with van der Waals surface area (Å²) in [5.41, 5.74) is 0.667. The molecular formula is C15H18Cl2O4. The van der Waals surface area contributed by atoms with Crippen LogP contribution in [0.15, 0.2) is 18.2 Å². The number of hydrogen-bond acceptors (Lipinski definition) is 4. The van der Waals surface area contributed by atoms with Crippen LogP contribution in [0.25, 0.3) is 0 Å². The molecule has 21 heavy (non-hydrogen) atoms. The van der Waals surface area contributed by atoms with Gasteiger partial charge in [0.25, 0.3) is 0 Å². The van der Waals surface area contributed by atoms with E-state index < -0.39 is 24.0 Å². The highest BCUT2D eigenvalue weighted by Crippen LogP contribution is 2.44. The first-order valence-electron chi connectivity index (χ1n) is 6.84. The van der Waals surface area contributed by atoms with E-state index in [1.165, 1.54) is 7.11 Å². The molecule has 0 saturated carbocycles. The third kappa shape index (κ3) is 3.19.